The van der Waals surface area contributed by atoms with Crippen LogP contribution in [0, 0.1) is 0 Å². The molecule has 0 aliphatic carbocycles. The van der Waals surface area contributed by atoms with E-state index in [9.17, 15) is 0 Å². The Kier molecular flexibility index (Phi) is 5.66. The average Bonchev–Trinajstić information content (AvgIpc) is 2.44. The normalized spacial score (nSPS) is 11.4. The van der Waals surface area contributed by atoms with Crippen molar-refractivity contribution in [3.8, 4) is 0 Å². The molecule has 2 aromatic rings. The molecule has 0 spiro atoms. The maximum atomic E-state index is 6.17. The molecule has 0 radical (unpaired) electrons. The van der Waals surface area contributed by atoms with Crippen LogP contribution in [-0.4, -0.2) is 18.5 Å². The second-order valence-corrected chi connectivity index (χ2v) is 5.52. The Bertz CT molecular complexity index is 559. The first kappa shape index (κ1) is 15.1. The van der Waals surface area contributed by atoms with Crippen LogP contribution in [0.3, 0.4) is 0 Å². The van der Waals surface area contributed by atoms with E-state index in [1.807, 2.05) is 36.4 Å². The fourth-order valence-electron chi connectivity index (χ4n) is 1.95. The van der Waals surface area contributed by atoms with Crippen molar-refractivity contribution in [1.82, 2.24) is 4.90 Å². The highest BCUT2D eigenvalue weighted by molar-refractivity contribution is 6.35. The zero-order chi connectivity index (χ0) is 14.4. The van der Waals surface area contributed by atoms with Gasteiger partial charge in [0.2, 0.25) is 0 Å². The highest BCUT2D eigenvalue weighted by atomic mass is 35.5. The van der Waals surface area contributed by atoms with Gasteiger partial charge in [-0.25, -0.2) is 0 Å². The molecule has 0 N–H and O–H groups in total. The van der Waals surface area contributed by atoms with Gasteiger partial charge in [0.15, 0.2) is 0 Å². The van der Waals surface area contributed by atoms with Gasteiger partial charge in [-0.3, -0.25) is 4.90 Å². The first-order valence-corrected chi connectivity index (χ1v) is 7.25. The maximum Gasteiger partial charge on any atom is 0.0465 e. The van der Waals surface area contributed by atoms with Crippen molar-refractivity contribution < 1.29 is 0 Å². The van der Waals surface area contributed by atoms with E-state index in [0.29, 0.717) is 0 Å². The summed E-state index contributed by atoms with van der Waals surface area (Å²) in [7, 11) is 2.05. The summed E-state index contributed by atoms with van der Waals surface area (Å²) in [6, 6.07) is 15.9. The van der Waals surface area contributed by atoms with E-state index in [1.54, 1.807) is 0 Å². The van der Waals surface area contributed by atoms with E-state index < -0.39 is 0 Å². The monoisotopic (exact) mass is 305 g/mol. The molecule has 2 aromatic carbocycles. The SMILES string of the molecule is CN(C/C=C/c1ccccc1)Cc1c(Cl)cccc1Cl. The first-order valence-electron chi connectivity index (χ1n) is 6.50. The molecule has 0 saturated heterocycles. The zero-order valence-electron chi connectivity index (χ0n) is 11.4. The van der Waals surface area contributed by atoms with E-state index in [2.05, 4.69) is 36.2 Å². The van der Waals surface area contributed by atoms with Crippen molar-refractivity contribution in [3.63, 3.8) is 0 Å². The quantitative estimate of drug-likeness (QED) is 0.739. The Labute approximate surface area is 130 Å². The predicted molar refractivity (Wildman–Crippen MR) is 88.3 cm³/mol. The Morgan fingerprint density at radius 1 is 0.950 bits per heavy atom. The van der Waals surface area contributed by atoms with Crippen molar-refractivity contribution in [3.05, 3.63) is 75.8 Å². The molecule has 0 aromatic heterocycles. The van der Waals surface area contributed by atoms with Crippen molar-refractivity contribution in [2.24, 2.45) is 0 Å². The molecule has 0 aliphatic rings. The standard InChI is InChI=1S/C17H17Cl2N/c1-20(12-6-9-14-7-3-2-4-8-14)13-15-16(18)10-5-11-17(15)19/h2-11H,12-13H2,1H3/b9-6+. The predicted octanol–water partition coefficient (Wildman–Crippen LogP) is 5.14. The molecule has 0 heterocycles. The summed E-state index contributed by atoms with van der Waals surface area (Å²) >= 11 is 12.3. The molecule has 20 heavy (non-hydrogen) atoms. The summed E-state index contributed by atoms with van der Waals surface area (Å²) in [5, 5.41) is 1.44. The Hall–Kier alpha value is -1.28. The second-order valence-electron chi connectivity index (χ2n) is 4.71. The summed E-state index contributed by atoms with van der Waals surface area (Å²) in [5.74, 6) is 0. The topological polar surface area (TPSA) is 3.24 Å². The number of rotatable bonds is 5. The van der Waals surface area contributed by atoms with Crippen molar-refractivity contribution in [1.29, 1.82) is 0 Å². The van der Waals surface area contributed by atoms with Gasteiger partial charge in [-0.15, -0.1) is 0 Å². The lowest BCUT2D eigenvalue weighted by Crippen LogP contribution is -2.18. The number of hydrogen-bond acceptors (Lipinski definition) is 1. The number of nitrogens with zero attached hydrogens (tertiary/aromatic N) is 1. The highest BCUT2D eigenvalue weighted by Gasteiger charge is 2.07. The molecule has 2 rings (SSSR count). The van der Waals surface area contributed by atoms with Crippen LogP contribution < -0.4 is 0 Å². The van der Waals surface area contributed by atoms with Crippen LogP contribution in [0.1, 0.15) is 11.1 Å². The lowest BCUT2D eigenvalue weighted by molar-refractivity contribution is 0.364. The Balaban J connectivity index is 1.93. The molecule has 0 unspecified atom stereocenters. The number of likely N-dealkylation sites (N-methyl/N-ethyl adjacent to an activating group) is 1. The van der Waals surface area contributed by atoms with Crippen molar-refractivity contribution in [2.45, 2.75) is 6.54 Å². The third-order valence-corrected chi connectivity index (χ3v) is 3.72. The van der Waals surface area contributed by atoms with Gasteiger partial charge >= 0.3 is 0 Å². The van der Waals surface area contributed by atoms with Gasteiger partial charge in [0.25, 0.3) is 0 Å². The van der Waals surface area contributed by atoms with Crippen LogP contribution in [0.25, 0.3) is 6.08 Å². The van der Waals surface area contributed by atoms with Crippen molar-refractivity contribution in [2.75, 3.05) is 13.6 Å². The van der Waals surface area contributed by atoms with E-state index in [1.165, 1.54) is 5.56 Å². The third-order valence-electron chi connectivity index (χ3n) is 3.02. The van der Waals surface area contributed by atoms with Gasteiger partial charge in [-0.05, 0) is 24.7 Å². The van der Waals surface area contributed by atoms with Crippen LogP contribution in [0.5, 0.6) is 0 Å². The number of hydrogen-bond donors (Lipinski definition) is 0. The van der Waals surface area contributed by atoms with E-state index in [0.717, 1.165) is 28.7 Å². The van der Waals surface area contributed by atoms with Crippen LogP contribution in [-0.2, 0) is 6.54 Å². The molecule has 1 nitrogen and oxygen atoms in total. The van der Waals surface area contributed by atoms with Crippen LogP contribution in [0.4, 0.5) is 0 Å². The summed E-state index contributed by atoms with van der Waals surface area (Å²) in [6.07, 6.45) is 4.25. The molecular formula is C17H17Cl2N. The summed E-state index contributed by atoms with van der Waals surface area (Å²) in [6.45, 7) is 1.58. The number of halogens is 2. The van der Waals surface area contributed by atoms with Gasteiger partial charge in [0.1, 0.15) is 0 Å². The largest absolute Gasteiger partial charge is 0.298 e. The summed E-state index contributed by atoms with van der Waals surface area (Å²) in [4.78, 5) is 2.17. The Morgan fingerprint density at radius 2 is 1.60 bits per heavy atom. The molecule has 0 saturated carbocycles. The Morgan fingerprint density at radius 3 is 2.25 bits per heavy atom. The third kappa shape index (κ3) is 4.38. The fourth-order valence-corrected chi connectivity index (χ4v) is 2.47. The van der Waals surface area contributed by atoms with Gasteiger partial charge < -0.3 is 0 Å². The van der Waals surface area contributed by atoms with E-state index >= 15 is 0 Å². The number of benzene rings is 2. The lowest BCUT2D eigenvalue weighted by Gasteiger charge is -2.16. The second kappa shape index (κ2) is 7.49. The van der Waals surface area contributed by atoms with Crippen LogP contribution >= 0.6 is 23.2 Å². The minimum Gasteiger partial charge on any atom is -0.298 e. The molecule has 0 aliphatic heterocycles. The summed E-state index contributed by atoms with van der Waals surface area (Å²) < 4.78 is 0. The zero-order valence-corrected chi connectivity index (χ0v) is 12.9. The highest BCUT2D eigenvalue weighted by Crippen LogP contribution is 2.25. The molecule has 0 atom stereocenters. The van der Waals surface area contributed by atoms with Crippen molar-refractivity contribution >= 4 is 29.3 Å². The maximum absolute atomic E-state index is 6.17. The van der Waals surface area contributed by atoms with Crippen LogP contribution in [0.15, 0.2) is 54.6 Å². The van der Waals surface area contributed by atoms with Gasteiger partial charge in [-0.2, -0.15) is 0 Å². The molecular weight excluding hydrogens is 289 g/mol. The average molecular weight is 306 g/mol. The lowest BCUT2D eigenvalue weighted by atomic mass is 10.2. The van der Waals surface area contributed by atoms with Gasteiger partial charge in [0.05, 0.1) is 0 Å². The van der Waals surface area contributed by atoms with E-state index in [4.69, 9.17) is 23.2 Å². The van der Waals surface area contributed by atoms with Gasteiger partial charge in [-0.1, -0.05) is 71.8 Å². The molecule has 0 fully saturated rings. The summed E-state index contributed by atoms with van der Waals surface area (Å²) in [5.41, 5.74) is 2.18. The van der Waals surface area contributed by atoms with E-state index in [-0.39, 0.29) is 0 Å². The smallest absolute Gasteiger partial charge is 0.0465 e. The van der Waals surface area contributed by atoms with Gasteiger partial charge in [0, 0.05) is 28.7 Å². The molecule has 3 heteroatoms. The molecule has 0 amide bonds. The fraction of sp³-hybridized carbons (Fsp3) is 0.176. The minimum absolute atomic E-state index is 0.719. The minimum atomic E-state index is 0.719. The van der Waals surface area contributed by atoms with Crippen LogP contribution in [0.2, 0.25) is 10.0 Å². The molecule has 0 bridgehead atoms. The first-order chi connectivity index (χ1) is 9.66. The molecule has 104 valence electrons.